The van der Waals surface area contributed by atoms with Crippen molar-refractivity contribution in [3.63, 3.8) is 0 Å². The van der Waals surface area contributed by atoms with Gasteiger partial charge in [-0.05, 0) is 97.5 Å². The number of rotatable bonds is 12. The number of aliphatic carboxylic acids is 1. The molecule has 8 nitrogen and oxygen atoms in total. The Hall–Kier alpha value is -4.54. The van der Waals surface area contributed by atoms with Crippen LogP contribution in [0, 0.1) is 43.7 Å². The van der Waals surface area contributed by atoms with E-state index >= 15 is 4.39 Å². The molecule has 1 aromatic heterocycles. The van der Waals surface area contributed by atoms with Gasteiger partial charge in [-0.15, -0.1) is 6.42 Å². The summed E-state index contributed by atoms with van der Waals surface area (Å²) in [6, 6.07) is 2.76. The molecule has 2 aliphatic heterocycles. The summed E-state index contributed by atoms with van der Waals surface area (Å²) < 4.78 is 79.3. The van der Waals surface area contributed by atoms with Crippen molar-refractivity contribution in [2.45, 2.75) is 90.1 Å². The minimum absolute atomic E-state index is 0.00167. The summed E-state index contributed by atoms with van der Waals surface area (Å²) in [5.74, 6) is -1.49. The monoisotopic (exact) mass is 727 g/mol. The Morgan fingerprint density at radius 3 is 2.25 bits per heavy atom. The lowest BCUT2D eigenvalue weighted by atomic mass is 9.88. The lowest BCUT2D eigenvalue weighted by Gasteiger charge is -2.34. The van der Waals surface area contributed by atoms with Gasteiger partial charge in [-0.2, -0.15) is 13.2 Å². The van der Waals surface area contributed by atoms with Crippen LogP contribution in [0.15, 0.2) is 41.3 Å². The number of carbonyl (C=O) groups is 2. The van der Waals surface area contributed by atoms with Gasteiger partial charge in [0.05, 0.1) is 31.2 Å². The van der Waals surface area contributed by atoms with Crippen molar-refractivity contribution in [3.05, 3.63) is 91.9 Å². The Labute approximate surface area is 299 Å². The average Bonchev–Trinajstić information content (AvgIpc) is 3.26. The highest BCUT2D eigenvalue weighted by Gasteiger charge is 2.39. The highest BCUT2D eigenvalue weighted by Crippen LogP contribution is 2.36. The van der Waals surface area contributed by atoms with E-state index in [0.29, 0.717) is 48.1 Å². The zero-order valence-corrected chi connectivity index (χ0v) is 29.4. The third-order valence-corrected chi connectivity index (χ3v) is 9.96. The topological polar surface area (TPSA) is 101 Å². The second-order valence-electron chi connectivity index (χ2n) is 14.1. The average molecular weight is 728 g/mol. The Morgan fingerprint density at radius 2 is 1.69 bits per heavy atom. The number of terminal acetylenes is 1. The quantitative estimate of drug-likeness (QED) is 0.159. The van der Waals surface area contributed by atoms with Gasteiger partial charge < -0.3 is 19.7 Å². The van der Waals surface area contributed by atoms with Gasteiger partial charge in [0.2, 0.25) is 5.91 Å². The second-order valence-corrected chi connectivity index (χ2v) is 14.1. The number of amides is 1. The number of alkyl halides is 3. The molecule has 2 N–H and O–H groups in total. The van der Waals surface area contributed by atoms with E-state index in [-0.39, 0.29) is 47.5 Å². The van der Waals surface area contributed by atoms with Crippen LogP contribution < -0.4 is 10.9 Å². The zero-order valence-electron chi connectivity index (χ0n) is 29.4. The molecule has 3 aromatic rings. The summed E-state index contributed by atoms with van der Waals surface area (Å²) in [6.07, 6.45) is 2.88. The Bertz CT molecular complexity index is 1910. The van der Waals surface area contributed by atoms with Crippen molar-refractivity contribution in [1.29, 1.82) is 0 Å². The third-order valence-electron chi connectivity index (χ3n) is 9.96. The molecule has 0 spiro atoms. The fraction of sp³-hybridized carbons (Fsp3) is 0.462. The first-order valence-corrected chi connectivity index (χ1v) is 17.2. The molecule has 2 unspecified atom stereocenters. The molecule has 2 aliphatic rings. The van der Waals surface area contributed by atoms with E-state index in [4.69, 9.17) is 11.2 Å². The number of nitrogens with one attached hydrogen (secondary N) is 1. The van der Waals surface area contributed by atoms with Crippen molar-refractivity contribution >= 4 is 11.9 Å². The molecule has 0 radical (unpaired) electrons. The van der Waals surface area contributed by atoms with Crippen molar-refractivity contribution in [2.24, 2.45) is 5.92 Å². The van der Waals surface area contributed by atoms with E-state index < -0.39 is 59.3 Å². The number of aromatic nitrogens is 1. The van der Waals surface area contributed by atoms with Crippen LogP contribution in [0.1, 0.15) is 85.0 Å². The van der Waals surface area contributed by atoms with Gasteiger partial charge in [-0.3, -0.25) is 19.3 Å². The second kappa shape index (κ2) is 15.6. The van der Waals surface area contributed by atoms with E-state index in [0.717, 1.165) is 29.7 Å². The smallest absolute Gasteiger partial charge is 0.416 e. The number of pyridine rings is 1. The lowest BCUT2D eigenvalue weighted by Crippen LogP contribution is -2.46. The summed E-state index contributed by atoms with van der Waals surface area (Å²) in [7, 11) is 0. The van der Waals surface area contributed by atoms with Crippen LogP contribution in [0.25, 0.3) is 11.1 Å². The van der Waals surface area contributed by atoms with E-state index in [2.05, 4.69) is 16.1 Å². The van der Waals surface area contributed by atoms with E-state index in [1.165, 1.54) is 18.2 Å². The summed E-state index contributed by atoms with van der Waals surface area (Å²) >= 11 is 0. The fourth-order valence-corrected chi connectivity index (χ4v) is 7.62. The first kappa shape index (κ1) is 38.7. The van der Waals surface area contributed by atoms with Crippen LogP contribution in [-0.4, -0.2) is 58.3 Å². The molecule has 4 atom stereocenters. The number of halogens is 5. The number of aryl methyl sites for hydroxylation is 2. The van der Waals surface area contributed by atoms with Gasteiger partial charge in [0, 0.05) is 42.0 Å². The minimum atomic E-state index is -4.83. The summed E-state index contributed by atoms with van der Waals surface area (Å²) in [5, 5.41) is 12.4. The Morgan fingerprint density at radius 1 is 1.06 bits per heavy atom. The molecule has 5 rings (SSSR count). The highest BCUT2D eigenvalue weighted by atomic mass is 19.4. The first-order chi connectivity index (χ1) is 24.5. The third kappa shape index (κ3) is 8.40. The molecular weight excluding hydrogens is 685 g/mol. The SMILES string of the molecule is C#Cc1cc(F)c([C@@H](CC(=O)O)NC(=O)[C@@H](CC(C)C)n2cc(CCN3C4CCC3COC4)c(C(F)(F)F)cc2=O)cc1-c1c(C)cc(F)cc1C. The predicted octanol–water partition coefficient (Wildman–Crippen LogP) is 6.74. The molecule has 52 heavy (non-hydrogen) atoms. The van der Waals surface area contributed by atoms with Crippen molar-refractivity contribution in [1.82, 2.24) is 14.8 Å². The largest absolute Gasteiger partial charge is 0.481 e. The van der Waals surface area contributed by atoms with Gasteiger partial charge >= 0.3 is 12.1 Å². The van der Waals surface area contributed by atoms with E-state index in [1.54, 1.807) is 27.7 Å². The number of carbonyl (C=O) groups excluding carboxylic acids is 1. The van der Waals surface area contributed by atoms with Gasteiger partial charge in [0.25, 0.3) is 5.56 Å². The fourth-order valence-electron chi connectivity index (χ4n) is 7.62. The standard InChI is InChI=1S/C39H42F5N3O5/c1-6-24-14-32(41)30(15-29(24)37-22(4)12-26(40)13-23(37)5)33(17-36(49)50)45-38(51)34(11-21(2)3)47-18-25(31(16-35(47)48)39(42,43)44)9-10-46-27-7-8-28(46)20-52-19-27/h1,12-16,18,21,27-28,33-34H,7-11,17,19-20H2,2-5H3,(H,45,51)(H,49,50)/t27?,28?,33-,34-/m1/s1. The molecule has 1 amide bonds. The number of nitrogens with zero attached hydrogens (tertiary/aromatic N) is 2. The Balaban J connectivity index is 1.54. The summed E-state index contributed by atoms with van der Waals surface area (Å²) in [5.41, 5.74) is -0.627. The number of carboxylic acid groups (broad SMARTS) is 1. The minimum Gasteiger partial charge on any atom is -0.481 e. The van der Waals surface area contributed by atoms with Crippen LogP contribution >= 0.6 is 0 Å². The number of hydrogen-bond donors (Lipinski definition) is 2. The number of carboxylic acids is 1. The van der Waals surface area contributed by atoms with E-state index in [9.17, 15) is 37.1 Å². The molecule has 2 saturated heterocycles. The summed E-state index contributed by atoms with van der Waals surface area (Å²) in [6.45, 7) is 8.09. The molecular formula is C39H42F5N3O5. The van der Waals surface area contributed by atoms with Crippen LogP contribution in [0.5, 0.6) is 0 Å². The maximum Gasteiger partial charge on any atom is 0.416 e. The molecule has 3 heterocycles. The number of benzene rings is 2. The van der Waals surface area contributed by atoms with Crippen molar-refractivity contribution in [2.75, 3.05) is 19.8 Å². The highest BCUT2D eigenvalue weighted by molar-refractivity contribution is 5.82. The molecule has 278 valence electrons. The van der Waals surface area contributed by atoms with Crippen LogP contribution in [0.2, 0.25) is 0 Å². The number of ether oxygens (including phenoxy) is 1. The Kier molecular flexibility index (Phi) is 11.6. The van der Waals surface area contributed by atoms with Crippen molar-refractivity contribution < 1.29 is 41.4 Å². The molecule has 13 heteroatoms. The first-order valence-electron chi connectivity index (χ1n) is 17.2. The van der Waals surface area contributed by atoms with Crippen molar-refractivity contribution in [3.8, 4) is 23.5 Å². The van der Waals surface area contributed by atoms with Gasteiger partial charge in [-0.25, -0.2) is 8.78 Å². The molecule has 0 saturated carbocycles. The molecule has 2 bridgehead atoms. The number of morpholine rings is 1. The van der Waals surface area contributed by atoms with Crippen LogP contribution in [0.4, 0.5) is 22.0 Å². The van der Waals surface area contributed by atoms with Crippen LogP contribution in [-0.2, 0) is 26.9 Å². The van der Waals surface area contributed by atoms with Gasteiger partial charge in [-0.1, -0.05) is 19.8 Å². The normalized spacial score (nSPS) is 18.6. The molecule has 2 aromatic carbocycles. The van der Waals surface area contributed by atoms with Gasteiger partial charge in [0.1, 0.15) is 17.7 Å². The van der Waals surface area contributed by atoms with Gasteiger partial charge in [0.15, 0.2) is 0 Å². The van der Waals surface area contributed by atoms with E-state index in [1.807, 2.05) is 0 Å². The lowest BCUT2D eigenvalue weighted by molar-refractivity contribution is -0.139. The number of hydrogen-bond acceptors (Lipinski definition) is 5. The maximum atomic E-state index is 15.8. The van der Waals surface area contributed by atoms with Crippen LogP contribution in [0.3, 0.4) is 0 Å². The molecule has 2 fully saturated rings. The summed E-state index contributed by atoms with van der Waals surface area (Å²) in [4.78, 5) is 41.7. The molecule has 0 aliphatic carbocycles. The number of fused-ring (bicyclic) bond motifs is 2. The maximum absolute atomic E-state index is 15.8. The predicted molar refractivity (Wildman–Crippen MR) is 185 cm³/mol. The zero-order chi connectivity index (χ0) is 38.1.